The van der Waals surface area contributed by atoms with Gasteiger partial charge in [0.2, 0.25) is 0 Å². The summed E-state index contributed by atoms with van der Waals surface area (Å²) in [5, 5.41) is 3.73. The highest BCUT2D eigenvalue weighted by molar-refractivity contribution is 4.97. The molecule has 0 aromatic rings. The molecule has 3 unspecified atom stereocenters. The molecule has 1 saturated heterocycles. The van der Waals surface area contributed by atoms with Gasteiger partial charge in [-0.25, -0.2) is 0 Å². The van der Waals surface area contributed by atoms with Crippen LogP contribution in [-0.2, 0) is 9.47 Å². The minimum absolute atomic E-state index is 0.237. The summed E-state index contributed by atoms with van der Waals surface area (Å²) in [6.07, 6.45) is 7.79. The van der Waals surface area contributed by atoms with E-state index in [-0.39, 0.29) is 5.60 Å². The van der Waals surface area contributed by atoms with Crippen molar-refractivity contribution in [2.45, 2.75) is 77.0 Å². The molecule has 1 heterocycles. The maximum absolute atomic E-state index is 6.06. The van der Waals surface area contributed by atoms with Crippen LogP contribution in [0.4, 0.5) is 0 Å². The number of hydrogen-bond donors (Lipinski definition) is 1. The lowest BCUT2D eigenvalue weighted by atomic mass is 9.70. The van der Waals surface area contributed by atoms with Crippen molar-refractivity contribution in [2.75, 3.05) is 19.8 Å². The van der Waals surface area contributed by atoms with Gasteiger partial charge in [0.15, 0.2) is 0 Å². The summed E-state index contributed by atoms with van der Waals surface area (Å²) in [6.45, 7) is 9.37. The normalized spacial score (nSPS) is 28.9. The predicted octanol–water partition coefficient (Wildman–Crippen LogP) is 3.13. The molecule has 2 rings (SSSR count). The van der Waals surface area contributed by atoms with Crippen LogP contribution in [0.5, 0.6) is 0 Å². The van der Waals surface area contributed by atoms with Gasteiger partial charge in [0.25, 0.3) is 0 Å². The molecule has 1 N–H and O–H groups in total. The number of nitrogens with one attached hydrogen (secondary N) is 1. The third-order valence-corrected chi connectivity index (χ3v) is 4.87. The Morgan fingerprint density at radius 1 is 1.37 bits per heavy atom. The molecule has 3 nitrogen and oxygen atoms in total. The molecule has 0 radical (unpaired) electrons. The summed E-state index contributed by atoms with van der Waals surface area (Å²) >= 11 is 0. The zero-order valence-electron chi connectivity index (χ0n) is 12.9. The van der Waals surface area contributed by atoms with Crippen LogP contribution in [0.2, 0.25) is 0 Å². The van der Waals surface area contributed by atoms with E-state index in [1.807, 2.05) is 0 Å². The van der Waals surface area contributed by atoms with E-state index in [4.69, 9.17) is 9.47 Å². The van der Waals surface area contributed by atoms with Crippen LogP contribution in [0.3, 0.4) is 0 Å². The van der Waals surface area contributed by atoms with Gasteiger partial charge in [0, 0.05) is 19.3 Å². The van der Waals surface area contributed by atoms with Crippen molar-refractivity contribution in [3.63, 3.8) is 0 Å². The van der Waals surface area contributed by atoms with Gasteiger partial charge in [-0.3, -0.25) is 0 Å². The first-order valence-electron chi connectivity index (χ1n) is 8.19. The molecule has 1 aliphatic carbocycles. The molecule has 1 spiro atoms. The van der Waals surface area contributed by atoms with Crippen LogP contribution in [0.15, 0.2) is 0 Å². The van der Waals surface area contributed by atoms with E-state index in [0.717, 1.165) is 19.8 Å². The topological polar surface area (TPSA) is 30.5 Å². The second-order valence-corrected chi connectivity index (χ2v) is 6.28. The molecule has 3 heteroatoms. The van der Waals surface area contributed by atoms with E-state index in [9.17, 15) is 0 Å². The average molecular weight is 269 g/mol. The Kier molecular flexibility index (Phi) is 5.67. The lowest BCUT2D eigenvalue weighted by Crippen LogP contribution is -2.53. The van der Waals surface area contributed by atoms with E-state index in [1.54, 1.807) is 0 Å². The molecular formula is C16H31NO2. The molecule has 0 aromatic heterocycles. The molecule has 19 heavy (non-hydrogen) atoms. The van der Waals surface area contributed by atoms with Crippen molar-refractivity contribution in [3.05, 3.63) is 0 Å². The van der Waals surface area contributed by atoms with Crippen molar-refractivity contribution in [2.24, 2.45) is 5.92 Å². The maximum Gasteiger partial charge on any atom is 0.0702 e. The highest BCUT2D eigenvalue weighted by Crippen LogP contribution is 2.45. The summed E-state index contributed by atoms with van der Waals surface area (Å²) in [4.78, 5) is 0. The van der Waals surface area contributed by atoms with Gasteiger partial charge in [-0.05, 0) is 64.8 Å². The van der Waals surface area contributed by atoms with Crippen LogP contribution in [-0.4, -0.2) is 37.5 Å². The highest BCUT2D eigenvalue weighted by Gasteiger charge is 2.45. The second kappa shape index (κ2) is 7.05. The first-order valence-corrected chi connectivity index (χ1v) is 8.19. The average Bonchev–Trinajstić information content (AvgIpc) is 2.38. The van der Waals surface area contributed by atoms with Crippen molar-refractivity contribution >= 4 is 0 Å². The van der Waals surface area contributed by atoms with Crippen LogP contribution >= 0.6 is 0 Å². The van der Waals surface area contributed by atoms with E-state index in [0.29, 0.717) is 18.1 Å². The lowest BCUT2D eigenvalue weighted by Gasteiger charge is -2.49. The zero-order chi connectivity index (χ0) is 13.7. The van der Waals surface area contributed by atoms with Gasteiger partial charge in [-0.2, -0.15) is 0 Å². The number of ether oxygens (including phenoxy) is 2. The summed E-state index contributed by atoms with van der Waals surface area (Å²) in [7, 11) is 0. The Bertz CT molecular complexity index is 265. The molecule has 2 aliphatic rings. The van der Waals surface area contributed by atoms with Crippen molar-refractivity contribution in [1.29, 1.82) is 0 Å². The Morgan fingerprint density at radius 2 is 2.16 bits per heavy atom. The molecular weight excluding hydrogens is 238 g/mol. The Hall–Kier alpha value is -0.120. The Morgan fingerprint density at radius 3 is 2.74 bits per heavy atom. The van der Waals surface area contributed by atoms with Crippen LogP contribution in [0, 0.1) is 5.92 Å². The minimum atomic E-state index is 0.237. The SMILES string of the molecule is CCCNC(C1CCOC2(CCC2)C1)C(C)OCC. The van der Waals surface area contributed by atoms with E-state index in [1.165, 1.54) is 38.5 Å². The van der Waals surface area contributed by atoms with Crippen LogP contribution in [0.25, 0.3) is 0 Å². The van der Waals surface area contributed by atoms with E-state index in [2.05, 4.69) is 26.1 Å². The van der Waals surface area contributed by atoms with Crippen LogP contribution < -0.4 is 5.32 Å². The lowest BCUT2D eigenvalue weighted by molar-refractivity contribution is -0.152. The van der Waals surface area contributed by atoms with Crippen LogP contribution in [0.1, 0.15) is 59.3 Å². The van der Waals surface area contributed by atoms with Gasteiger partial charge in [0.05, 0.1) is 11.7 Å². The first-order chi connectivity index (χ1) is 9.21. The minimum Gasteiger partial charge on any atom is -0.377 e. The molecule has 0 bridgehead atoms. The monoisotopic (exact) mass is 269 g/mol. The number of hydrogen-bond acceptors (Lipinski definition) is 3. The first kappa shape index (κ1) is 15.3. The third kappa shape index (κ3) is 3.71. The largest absolute Gasteiger partial charge is 0.377 e. The Balaban J connectivity index is 1.95. The fourth-order valence-electron chi connectivity index (χ4n) is 3.69. The van der Waals surface area contributed by atoms with Gasteiger partial charge < -0.3 is 14.8 Å². The molecule has 112 valence electrons. The highest BCUT2D eigenvalue weighted by atomic mass is 16.5. The summed E-state index contributed by atoms with van der Waals surface area (Å²) < 4.78 is 11.9. The molecule has 2 fully saturated rings. The molecule has 1 aliphatic heterocycles. The van der Waals surface area contributed by atoms with E-state index < -0.39 is 0 Å². The molecule has 0 amide bonds. The Labute approximate surface area is 118 Å². The van der Waals surface area contributed by atoms with Crippen molar-refractivity contribution in [1.82, 2.24) is 5.32 Å². The molecule has 3 atom stereocenters. The second-order valence-electron chi connectivity index (χ2n) is 6.28. The van der Waals surface area contributed by atoms with Gasteiger partial charge >= 0.3 is 0 Å². The van der Waals surface area contributed by atoms with Gasteiger partial charge in [-0.1, -0.05) is 6.92 Å². The summed E-state index contributed by atoms with van der Waals surface area (Å²) in [5.41, 5.74) is 0.237. The third-order valence-electron chi connectivity index (χ3n) is 4.87. The zero-order valence-corrected chi connectivity index (χ0v) is 12.9. The van der Waals surface area contributed by atoms with Crippen molar-refractivity contribution < 1.29 is 9.47 Å². The maximum atomic E-state index is 6.06. The van der Waals surface area contributed by atoms with Gasteiger partial charge in [0.1, 0.15) is 0 Å². The summed E-state index contributed by atoms with van der Waals surface area (Å²) in [6, 6.07) is 0.487. The fourth-order valence-corrected chi connectivity index (χ4v) is 3.69. The smallest absolute Gasteiger partial charge is 0.0702 e. The number of rotatable bonds is 7. The predicted molar refractivity (Wildman–Crippen MR) is 78.4 cm³/mol. The standard InChI is InChI=1S/C16H31NO2/c1-4-10-17-15(13(3)18-5-2)14-7-11-19-16(12-14)8-6-9-16/h13-15,17H,4-12H2,1-3H3. The summed E-state index contributed by atoms with van der Waals surface area (Å²) in [5.74, 6) is 0.710. The van der Waals surface area contributed by atoms with E-state index >= 15 is 0 Å². The fraction of sp³-hybridized carbons (Fsp3) is 1.00. The van der Waals surface area contributed by atoms with Crippen molar-refractivity contribution in [3.8, 4) is 0 Å². The van der Waals surface area contributed by atoms with Gasteiger partial charge in [-0.15, -0.1) is 0 Å². The quantitative estimate of drug-likeness (QED) is 0.770. The molecule has 0 aromatic carbocycles. The molecule has 1 saturated carbocycles.